The Balaban J connectivity index is 2.18. The molecule has 0 spiro atoms. The van der Waals surface area contributed by atoms with E-state index >= 15 is 0 Å². The fraction of sp³-hybridized carbons (Fsp3) is 0.438. The minimum Gasteiger partial charge on any atom is -0.396 e. The number of nitrogens with one attached hydrogen (secondary N) is 1. The second-order valence-electron chi connectivity index (χ2n) is 5.00. The highest BCUT2D eigenvalue weighted by Crippen LogP contribution is 2.22. The highest BCUT2D eigenvalue weighted by Gasteiger charge is 2.16. The topological polar surface area (TPSA) is 56.3 Å². The lowest BCUT2D eigenvalue weighted by Crippen LogP contribution is -2.33. The Kier molecular flexibility index (Phi) is 4.79. The second-order valence-corrected chi connectivity index (χ2v) is 5.00. The van der Waals surface area contributed by atoms with Crippen LogP contribution in [0.5, 0.6) is 0 Å². The lowest BCUT2D eigenvalue weighted by Gasteiger charge is -2.20. The van der Waals surface area contributed by atoms with Crippen LogP contribution in [0.3, 0.4) is 0 Å². The summed E-state index contributed by atoms with van der Waals surface area (Å²) in [7, 11) is 0. The lowest BCUT2D eigenvalue weighted by molar-refractivity contribution is -0.130. The van der Waals surface area contributed by atoms with E-state index in [2.05, 4.69) is 4.98 Å². The van der Waals surface area contributed by atoms with Crippen LogP contribution in [0, 0.1) is 6.92 Å². The van der Waals surface area contributed by atoms with Gasteiger partial charge < -0.3 is 15.0 Å². The van der Waals surface area contributed by atoms with Gasteiger partial charge in [-0.1, -0.05) is 18.2 Å². The van der Waals surface area contributed by atoms with Crippen LogP contribution in [0.25, 0.3) is 10.9 Å². The Hall–Kier alpha value is -1.81. The van der Waals surface area contributed by atoms with Gasteiger partial charge in [-0.25, -0.2) is 0 Å². The van der Waals surface area contributed by atoms with Crippen molar-refractivity contribution in [3.8, 4) is 0 Å². The second kappa shape index (κ2) is 6.57. The molecule has 1 aromatic heterocycles. The van der Waals surface area contributed by atoms with E-state index in [0.29, 0.717) is 25.9 Å². The molecule has 20 heavy (non-hydrogen) atoms. The third-order valence-electron chi connectivity index (χ3n) is 3.68. The third-order valence-corrected chi connectivity index (χ3v) is 3.68. The van der Waals surface area contributed by atoms with Crippen molar-refractivity contribution < 1.29 is 9.90 Å². The molecule has 0 aliphatic rings. The number of hydrogen-bond donors (Lipinski definition) is 2. The Morgan fingerprint density at radius 3 is 2.80 bits per heavy atom. The van der Waals surface area contributed by atoms with Crippen LogP contribution in [0.15, 0.2) is 24.3 Å². The number of aromatic nitrogens is 1. The van der Waals surface area contributed by atoms with E-state index in [1.165, 1.54) is 0 Å². The minimum atomic E-state index is 0.119. The number of carbonyl (C=O) groups excluding carboxylic acids is 1. The summed E-state index contributed by atoms with van der Waals surface area (Å²) in [4.78, 5) is 17.5. The number of aliphatic hydroxyl groups is 1. The zero-order valence-corrected chi connectivity index (χ0v) is 12.1. The van der Waals surface area contributed by atoms with Gasteiger partial charge in [0.1, 0.15) is 0 Å². The number of nitrogens with zero attached hydrogens (tertiary/aromatic N) is 1. The molecule has 0 aliphatic carbocycles. The van der Waals surface area contributed by atoms with Gasteiger partial charge in [-0.15, -0.1) is 0 Å². The largest absolute Gasteiger partial charge is 0.396 e. The van der Waals surface area contributed by atoms with Crippen molar-refractivity contribution in [1.29, 1.82) is 0 Å². The van der Waals surface area contributed by atoms with Gasteiger partial charge in [0.15, 0.2) is 0 Å². The summed E-state index contributed by atoms with van der Waals surface area (Å²) in [6.07, 6.45) is 1.04. The number of carbonyl (C=O) groups is 1. The maximum atomic E-state index is 12.4. The van der Waals surface area contributed by atoms with Gasteiger partial charge in [0.25, 0.3) is 0 Å². The van der Waals surface area contributed by atoms with Crippen LogP contribution in [0.1, 0.15) is 24.6 Å². The number of H-pyrrole nitrogens is 1. The first-order chi connectivity index (χ1) is 9.67. The Morgan fingerprint density at radius 1 is 1.35 bits per heavy atom. The molecule has 0 bridgehead atoms. The number of benzene rings is 1. The fourth-order valence-corrected chi connectivity index (χ4v) is 2.55. The normalized spacial score (nSPS) is 10.9. The van der Waals surface area contributed by atoms with E-state index in [9.17, 15) is 4.79 Å². The third kappa shape index (κ3) is 3.02. The summed E-state index contributed by atoms with van der Waals surface area (Å²) in [5, 5.41) is 10.0. The number of aryl methyl sites for hydroxylation is 1. The summed E-state index contributed by atoms with van der Waals surface area (Å²) in [6.45, 7) is 5.40. The van der Waals surface area contributed by atoms with Crippen molar-refractivity contribution in [2.45, 2.75) is 26.7 Å². The zero-order chi connectivity index (χ0) is 14.5. The number of likely N-dealkylation sites (N-methyl/N-ethyl adjacent to an activating group) is 1. The van der Waals surface area contributed by atoms with Crippen LogP contribution in [0.4, 0.5) is 0 Å². The first-order valence-corrected chi connectivity index (χ1v) is 7.12. The molecular formula is C16H22N2O2. The van der Waals surface area contributed by atoms with Crippen molar-refractivity contribution in [3.05, 3.63) is 35.5 Å². The first-order valence-electron chi connectivity index (χ1n) is 7.12. The highest BCUT2D eigenvalue weighted by atomic mass is 16.3. The van der Waals surface area contributed by atoms with Crippen LogP contribution in [-0.2, 0) is 11.2 Å². The van der Waals surface area contributed by atoms with Crippen molar-refractivity contribution >= 4 is 16.8 Å². The zero-order valence-electron chi connectivity index (χ0n) is 12.1. The Bertz CT molecular complexity index is 589. The molecule has 0 fully saturated rings. The maximum absolute atomic E-state index is 12.4. The van der Waals surface area contributed by atoms with E-state index in [-0.39, 0.29) is 12.5 Å². The predicted molar refractivity (Wildman–Crippen MR) is 80.7 cm³/mol. The fourth-order valence-electron chi connectivity index (χ4n) is 2.55. The van der Waals surface area contributed by atoms with Crippen LogP contribution >= 0.6 is 0 Å². The van der Waals surface area contributed by atoms with Crippen LogP contribution < -0.4 is 0 Å². The molecule has 108 valence electrons. The summed E-state index contributed by atoms with van der Waals surface area (Å²) >= 11 is 0. The van der Waals surface area contributed by atoms with Gasteiger partial charge in [-0.3, -0.25) is 4.79 Å². The molecule has 1 aromatic carbocycles. The van der Waals surface area contributed by atoms with Gasteiger partial charge in [0, 0.05) is 36.3 Å². The van der Waals surface area contributed by atoms with E-state index in [1.54, 1.807) is 4.90 Å². The molecule has 0 saturated heterocycles. The van der Waals surface area contributed by atoms with E-state index in [1.807, 2.05) is 38.1 Å². The molecule has 0 unspecified atom stereocenters. The molecule has 1 amide bonds. The number of aliphatic hydroxyl groups excluding tert-OH is 1. The number of hydrogen-bond acceptors (Lipinski definition) is 2. The molecule has 1 heterocycles. The maximum Gasteiger partial charge on any atom is 0.227 e. The molecule has 0 radical (unpaired) electrons. The van der Waals surface area contributed by atoms with E-state index in [4.69, 9.17) is 5.11 Å². The summed E-state index contributed by atoms with van der Waals surface area (Å²) in [6, 6.07) is 8.06. The Morgan fingerprint density at radius 2 is 2.10 bits per heavy atom. The minimum absolute atomic E-state index is 0.119. The van der Waals surface area contributed by atoms with Crippen molar-refractivity contribution in [2.75, 3.05) is 19.7 Å². The smallest absolute Gasteiger partial charge is 0.227 e. The average molecular weight is 274 g/mol. The molecule has 0 atom stereocenters. The van der Waals surface area contributed by atoms with Gasteiger partial charge in [0.2, 0.25) is 5.91 Å². The summed E-state index contributed by atoms with van der Waals surface area (Å²) < 4.78 is 0. The molecule has 2 aromatic rings. The number of para-hydroxylation sites is 1. The predicted octanol–water partition coefficient (Wildman–Crippen LogP) is 2.25. The van der Waals surface area contributed by atoms with Gasteiger partial charge in [-0.05, 0) is 31.9 Å². The molecule has 0 aliphatic heterocycles. The van der Waals surface area contributed by atoms with Crippen molar-refractivity contribution in [1.82, 2.24) is 9.88 Å². The molecule has 0 saturated carbocycles. The van der Waals surface area contributed by atoms with E-state index < -0.39 is 0 Å². The first kappa shape index (κ1) is 14.6. The van der Waals surface area contributed by atoms with Crippen LogP contribution in [-0.4, -0.2) is 40.6 Å². The number of amides is 1. The molecule has 2 N–H and O–H groups in total. The van der Waals surface area contributed by atoms with Crippen LogP contribution in [0.2, 0.25) is 0 Å². The Labute approximate surface area is 119 Å². The standard InChI is InChI=1S/C16H22N2O2/c1-3-18(9-6-10-19)16(20)11-14-12(2)17-15-8-5-4-7-13(14)15/h4-5,7-8,17,19H,3,6,9-11H2,1-2H3. The summed E-state index contributed by atoms with van der Waals surface area (Å²) in [5.41, 5.74) is 3.21. The van der Waals surface area contributed by atoms with Gasteiger partial charge in [-0.2, -0.15) is 0 Å². The quantitative estimate of drug-likeness (QED) is 0.849. The SMILES string of the molecule is CCN(CCCO)C(=O)Cc1c(C)[nH]c2ccccc12. The molecule has 4 heteroatoms. The van der Waals surface area contributed by atoms with Crippen molar-refractivity contribution in [3.63, 3.8) is 0 Å². The highest BCUT2D eigenvalue weighted by molar-refractivity contribution is 5.90. The lowest BCUT2D eigenvalue weighted by atomic mass is 10.1. The van der Waals surface area contributed by atoms with Crippen molar-refractivity contribution in [2.24, 2.45) is 0 Å². The average Bonchev–Trinajstić information content (AvgIpc) is 2.76. The molecular weight excluding hydrogens is 252 g/mol. The monoisotopic (exact) mass is 274 g/mol. The van der Waals surface area contributed by atoms with E-state index in [0.717, 1.165) is 22.2 Å². The number of rotatable bonds is 6. The molecule has 2 rings (SSSR count). The number of fused-ring (bicyclic) bond motifs is 1. The summed E-state index contributed by atoms with van der Waals surface area (Å²) in [5.74, 6) is 0.119. The molecule has 4 nitrogen and oxygen atoms in total. The number of aromatic amines is 1. The van der Waals surface area contributed by atoms with Gasteiger partial charge >= 0.3 is 0 Å². The van der Waals surface area contributed by atoms with Gasteiger partial charge in [0.05, 0.1) is 6.42 Å².